The van der Waals surface area contributed by atoms with Crippen LogP contribution in [0, 0.1) is 13.8 Å². The summed E-state index contributed by atoms with van der Waals surface area (Å²) < 4.78 is 25.4. The summed E-state index contributed by atoms with van der Waals surface area (Å²) in [6, 6.07) is 7.63. The van der Waals surface area contributed by atoms with Gasteiger partial charge in [0.25, 0.3) is 35.4 Å². The van der Waals surface area contributed by atoms with Crippen LogP contribution >= 0.6 is 0 Å². The molecule has 9 rings (SSSR count). The van der Waals surface area contributed by atoms with Crippen molar-refractivity contribution in [1.82, 2.24) is 45.8 Å². The van der Waals surface area contributed by atoms with E-state index in [1.807, 2.05) is 18.2 Å². The molecule has 3 saturated heterocycles. The molecule has 62 heavy (non-hydrogen) atoms. The Hall–Kier alpha value is -7.50. The monoisotopic (exact) mass is 863 g/mol. The van der Waals surface area contributed by atoms with Gasteiger partial charge in [-0.15, -0.1) is 5.06 Å². The highest BCUT2D eigenvalue weighted by Gasteiger charge is 2.38. The number of nitrogens with two attached hydrogens (primary N) is 1. The largest absolute Gasteiger partial charge is 0.560 e. The summed E-state index contributed by atoms with van der Waals surface area (Å²) in [5.74, 6) is -1.57. The third-order valence-corrected chi connectivity index (χ3v) is 9.68. The predicted octanol–water partition coefficient (Wildman–Crippen LogP) is 3.06. The van der Waals surface area contributed by atoms with Gasteiger partial charge in [0.05, 0.1) is 20.3 Å². The summed E-state index contributed by atoms with van der Waals surface area (Å²) in [5, 5.41) is 11.5. The molecule has 0 bridgehead atoms. The van der Waals surface area contributed by atoms with Crippen LogP contribution in [0.5, 0.6) is 0 Å². The average Bonchev–Trinajstić information content (AvgIpc) is 4.16. The number of pyridine rings is 1. The van der Waals surface area contributed by atoms with Gasteiger partial charge in [0.2, 0.25) is 23.4 Å². The van der Waals surface area contributed by atoms with Crippen molar-refractivity contribution in [3.05, 3.63) is 64.6 Å². The molecule has 3 aromatic heterocycles. The molecule has 326 valence electrons. The molecule has 0 radical (unpaired) electrons. The molecule has 0 spiro atoms. The zero-order valence-electron chi connectivity index (χ0n) is 34.2. The van der Waals surface area contributed by atoms with Crippen LogP contribution in [0.1, 0.15) is 99.0 Å². The van der Waals surface area contributed by atoms with E-state index in [1.54, 1.807) is 20.0 Å². The van der Waals surface area contributed by atoms with Crippen molar-refractivity contribution in [2.24, 2.45) is 5.73 Å². The number of hydrogen-bond donors (Lipinski definition) is 2. The lowest BCUT2D eigenvalue weighted by Gasteiger charge is -2.17. The van der Waals surface area contributed by atoms with Crippen molar-refractivity contribution >= 4 is 47.7 Å². The summed E-state index contributed by atoms with van der Waals surface area (Å²) in [4.78, 5) is 117. The molecule has 23 nitrogen and oxygen atoms in total. The summed E-state index contributed by atoms with van der Waals surface area (Å²) in [7, 11) is -1.00. The van der Waals surface area contributed by atoms with Gasteiger partial charge in [0.15, 0.2) is 0 Å². The number of fused-ring (bicyclic) bond motifs is 2. The number of rotatable bonds is 6. The molecule has 24 heteroatoms. The maximum atomic E-state index is 12.0. The molecular formula is C38H39FN10O13. The van der Waals surface area contributed by atoms with Gasteiger partial charge in [-0.05, 0) is 54.5 Å². The number of carbonyl (C=O) groups is 8. The minimum Gasteiger partial charge on any atom is -0.339 e. The molecule has 3 fully saturated rings. The number of amides is 7. The molecule has 5 aliphatic rings. The fourth-order valence-electron chi connectivity index (χ4n) is 6.76. The Morgan fingerprint density at radius 2 is 1.19 bits per heavy atom. The number of hydroxylamine groups is 6. The number of carbonyl (C=O) groups excluding carboxylic acids is 8. The van der Waals surface area contributed by atoms with Crippen LogP contribution in [0.2, 0.25) is 0 Å². The molecule has 4 aromatic rings. The van der Waals surface area contributed by atoms with Crippen LogP contribution in [0.15, 0.2) is 39.5 Å². The lowest BCUT2D eigenvalue weighted by Crippen LogP contribution is -2.38. The summed E-state index contributed by atoms with van der Waals surface area (Å²) >= 11 is 0. The number of hydrogen-bond acceptors (Lipinski definition) is 19. The Bertz CT molecular complexity index is 2360. The Labute approximate surface area is 351 Å². The van der Waals surface area contributed by atoms with Gasteiger partial charge in [-0.3, -0.25) is 47.8 Å². The zero-order valence-corrected chi connectivity index (χ0v) is 33.2. The Balaban J connectivity index is 0.000000158. The fourth-order valence-corrected chi connectivity index (χ4v) is 6.76. The first-order valence-electron chi connectivity index (χ1n) is 19.7. The third-order valence-electron chi connectivity index (χ3n) is 9.68. The van der Waals surface area contributed by atoms with Crippen LogP contribution in [-0.4, -0.2) is 95.3 Å². The van der Waals surface area contributed by atoms with E-state index in [0.29, 0.717) is 34.9 Å². The number of aromatic nitrogens is 5. The standard InChI is InChI=1S/C17H16N4O5.C11H12N4O.C9H8N2O7.CH3F/c1-9-18-16(20-25-9)11-2-4-12-10(8-11)3-5-13(12)19-17(24)26-21-14(22)6-7-15(21)23;1-6-14-11(15-16-6)8-4-7-2-3-9(12)10(7)13-5-8;12-5-1-2-6(13)10(5)17-9(16)18-11-7(14)3-4-8(11)15;1-2/h2,4,8,13H,3,5-7H2,1H3,(H,19,24);4-5,9H,2-3,12H2,1H3;1-4H2;1H3/i;;;1D. The van der Waals surface area contributed by atoms with Gasteiger partial charge >= 0.3 is 12.2 Å². The zero-order chi connectivity index (χ0) is 45.4. The highest BCUT2D eigenvalue weighted by molar-refractivity contribution is 6.03. The maximum absolute atomic E-state index is 12.0. The van der Waals surface area contributed by atoms with E-state index in [2.05, 4.69) is 46.3 Å². The number of benzene rings is 1. The molecule has 6 heterocycles. The molecule has 0 saturated carbocycles. The molecule has 2 aliphatic carbocycles. The van der Waals surface area contributed by atoms with Gasteiger partial charge in [-0.25, -0.2) is 4.79 Å². The maximum Gasteiger partial charge on any atom is 0.560 e. The number of nitrogens with zero attached hydrogens (tertiary/aromatic N) is 8. The number of halogens is 1. The summed E-state index contributed by atoms with van der Waals surface area (Å²) in [6.07, 6.45) is 2.76. The van der Waals surface area contributed by atoms with E-state index >= 15 is 0 Å². The first-order valence-corrected chi connectivity index (χ1v) is 18.9. The number of alkyl halides is 1. The third kappa shape index (κ3) is 10.1. The normalized spacial score (nSPS) is 18.8. The van der Waals surface area contributed by atoms with Gasteiger partial charge in [0, 0.05) is 75.7 Å². The second-order valence-corrected chi connectivity index (χ2v) is 13.9. The van der Waals surface area contributed by atoms with Crippen molar-refractivity contribution in [2.75, 3.05) is 7.15 Å². The van der Waals surface area contributed by atoms with E-state index in [0.717, 1.165) is 47.2 Å². The molecule has 1 aromatic carbocycles. The predicted molar refractivity (Wildman–Crippen MR) is 201 cm³/mol. The van der Waals surface area contributed by atoms with E-state index < -0.39 is 54.8 Å². The number of aryl methyl sites for hydroxylation is 4. The first kappa shape index (κ1) is 42.6. The van der Waals surface area contributed by atoms with Crippen molar-refractivity contribution < 1.29 is 67.7 Å². The second kappa shape index (κ2) is 19.3. The minimum atomic E-state index is -1.48. The highest BCUT2D eigenvalue weighted by atomic mass is 19.1. The molecule has 2 atom stereocenters. The number of imide groups is 3. The fraction of sp³-hybridized carbons (Fsp3) is 0.395. The molecular weight excluding hydrogens is 823 g/mol. The Kier molecular flexibility index (Phi) is 13.2. The molecule has 3 aliphatic heterocycles. The van der Waals surface area contributed by atoms with Crippen molar-refractivity contribution in [2.45, 2.75) is 90.1 Å². The van der Waals surface area contributed by atoms with Crippen LogP contribution < -0.4 is 11.1 Å². The lowest BCUT2D eigenvalue weighted by atomic mass is 10.0. The van der Waals surface area contributed by atoms with E-state index in [9.17, 15) is 42.7 Å². The molecule has 3 N–H and O–H groups in total. The first-order chi connectivity index (χ1) is 30.1. The SMILES string of the molecule is Cc1nc(-c2ccc3c(c2)CCC3NC(=O)ON2C(=O)CCC2=O)no1.Cc1nc(-c2cnc3c(c2)CCC3N)no1.O=C(ON1C(=O)CCC1=O)ON1C(=O)CCC1=O.[2H]CF. The lowest BCUT2D eigenvalue weighted by molar-refractivity contribution is -0.198. The quantitative estimate of drug-likeness (QED) is 0.263. The van der Waals surface area contributed by atoms with E-state index in [-0.39, 0.29) is 60.7 Å². The second-order valence-electron chi connectivity index (χ2n) is 13.9. The average molecular weight is 864 g/mol. The minimum absolute atomic E-state index is 0.0618. The Morgan fingerprint density at radius 1 is 0.726 bits per heavy atom. The van der Waals surface area contributed by atoms with Crippen molar-refractivity contribution in [1.29, 1.82) is 0 Å². The molecule has 7 amide bonds. The van der Waals surface area contributed by atoms with Crippen LogP contribution in [-0.2, 0) is 56.1 Å². The summed E-state index contributed by atoms with van der Waals surface area (Å²) in [5.41, 5.74) is 11.9. The smallest absolute Gasteiger partial charge is 0.339 e. The van der Waals surface area contributed by atoms with Crippen LogP contribution in [0.4, 0.5) is 14.0 Å². The van der Waals surface area contributed by atoms with Gasteiger partial charge in [-0.2, -0.15) is 14.8 Å². The highest BCUT2D eigenvalue weighted by Crippen LogP contribution is 2.34. The topological polar surface area (TPSA) is 303 Å². The summed E-state index contributed by atoms with van der Waals surface area (Å²) in [6.45, 7) is 3.50. The van der Waals surface area contributed by atoms with Crippen LogP contribution in [0.25, 0.3) is 22.8 Å². The van der Waals surface area contributed by atoms with Crippen molar-refractivity contribution in [3.8, 4) is 22.8 Å². The Morgan fingerprint density at radius 3 is 1.69 bits per heavy atom. The van der Waals surface area contributed by atoms with Gasteiger partial charge < -0.3 is 24.9 Å². The van der Waals surface area contributed by atoms with E-state index in [1.165, 1.54) is 5.56 Å². The van der Waals surface area contributed by atoms with Gasteiger partial charge in [-0.1, -0.05) is 32.6 Å². The van der Waals surface area contributed by atoms with Gasteiger partial charge in [0.1, 0.15) is 0 Å². The number of nitrogens with one attached hydrogen (secondary N) is 1. The van der Waals surface area contributed by atoms with E-state index in [4.69, 9.17) is 21.0 Å². The molecule has 2 unspecified atom stereocenters. The van der Waals surface area contributed by atoms with Crippen molar-refractivity contribution in [3.63, 3.8) is 0 Å². The van der Waals surface area contributed by atoms with Crippen LogP contribution in [0.3, 0.4) is 0 Å².